The number of hydrogen-bond acceptors (Lipinski definition) is 6. The van der Waals surface area contributed by atoms with Gasteiger partial charge in [-0.3, -0.25) is 4.68 Å². The number of nitrogens with zero attached hydrogens (tertiary/aromatic N) is 7. The van der Waals surface area contributed by atoms with Crippen molar-refractivity contribution in [1.82, 2.24) is 34.3 Å². The predicted molar refractivity (Wildman–Crippen MR) is 110 cm³/mol. The number of halogens is 4. The molecular formula is C21H14F4N8. The third-order valence-corrected chi connectivity index (χ3v) is 4.93. The molecular weight excluding hydrogens is 440 g/mol. The van der Waals surface area contributed by atoms with E-state index in [0.717, 1.165) is 28.9 Å². The summed E-state index contributed by atoms with van der Waals surface area (Å²) in [6, 6.07) is 7.05. The Labute approximate surface area is 183 Å². The van der Waals surface area contributed by atoms with Crippen LogP contribution in [0.5, 0.6) is 0 Å². The van der Waals surface area contributed by atoms with Crippen LogP contribution in [0.3, 0.4) is 0 Å². The predicted octanol–water partition coefficient (Wildman–Crippen LogP) is 3.92. The van der Waals surface area contributed by atoms with Gasteiger partial charge in [-0.1, -0.05) is 12.1 Å². The highest BCUT2D eigenvalue weighted by molar-refractivity contribution is 5.65. The van der Waals surface area contributed by atoms with Gasteiger partial charge < -0.3 is 5.73 Å². The van der Waals surface area contributed by atoms with Gasteiger partial charge in [0, 0.05) is 29.7 Å². The third-order valence-electron chi connectivity index (χ3n) is 4.93. The quantitative estimate of drug-likeness (QED) is 0.413. The first-order chi connectivity index (χ1) is 15.8. The molecule has 1 atom stereocenters. The molecule has 166 valence electrons. The van der Waals surface area contributed by atoms with Crippen molar-refractivity contribution in [2.75, 3.05) is 5.73 Å². The Balaban J connectivity index is 1.50. The van der Waals surface area contributed by atoms with Gasteiger partial charge in [0.25, 0.3) is 0 Å². The molecule has 0 saturated carbocycles. The number of rotatable bonds is 4. The van der Waals surface area contributed by atoms with Crippen LogP contribution in [-0.2, 0) is 0 Å². The molecule has 0 radical (unpaired) electrons. The van der Waals surface area contributed by atoms with Gasteiger partial charge in [-0.05, 0) is 35.9 Å². The molecule has 5 aromatic rings. The molecule has 5 rings (SSSR count). The molecule has 4 aromatic heterocycles. The summed E-state index contributed by atoms with van der Waals surface area (Å²) in [7, 11) is 0. The molecule has 2 N–H and O–H groups in total. The zero-order valence-electron chi connectivity index (χ0n) is 16.6. The van der Waals surface area contributed by atoms with Crippen molar-refractivity contribution in [2.45, 2.75) is 12.2 Å². The maximum atomic E-state index is 13.8. The van der Waals surface area contributed by atoms with Crippen molar-refractivity contribution in [3.05, 3.63) is 78.6 Å². The summed E-state index contributed by atoms with van der Waals surface area (Å²) >= 11 is 0. The van der Waals surface area contributed by atoms with Crippen LogP contribution in [0.15, 0.2) is 67.3 Å². The Bertz CT molecular complexity index is 1440. The molecule has 1 unspecified atom stereocenters. The molecule has 0 aliphatic heterocycles. The lowest BCUT2D eigenvalue weighted by Gasteiger charge is -2.21. The molecule has 0 aliphatic rings. The Morgan fingerprint density at radius 3 is 2.52 bits per heavy atom. The molecule has 0 spiro atoms. The van der Waals surface area contributed by atoms with E-state index < -0.39 is 18.0 Å². The van der Waals surface area contributed by atoms with E-state index in [2.05, 4.69) is 25.1 Å². The van der Waals surface area contributed by atoms with E-state index in [1.54, 1.807) is 24.4 Å². The Morgan fingerprint density at radius 1 is 0.970 bits per heavy atom. The maximum Gasteiger partial charge on any atom is 0.415 e. The first-order valence-electron chi connectivity index (χ1n) is 9.60. The van der Waals surface area contributed by atoms with Gasteiger partial charge in [0.1, 0.15) is 5.82 Å². The number of benzene rings is 1. The second-order valence-corrected chi connectivity index (χ2v) is 7.16. The Morgan fingerprint density at radius 2 is 1.76 bits per heavy atom. The van der Waals surface area contributed by atoms with Crippen molar-refractivity contribution in [3.63, 3.8) is 0 Å². The second kappa shape index (κ2) is 7.65. The molecule has 0 saturated heterocycles. The fourth-order valence-electron chi connectivity index (χ4n) is 3.44. The van der Waals surface area contributed by atoms with Crippen LogP contribution in [0.2, 0.25) is 0 Å². The zero-order valence-corrected chi connectivity index (χ0v) is 16.6. The van der Waals surface area contributed by atoms with Gasteiger partial charge >= 0.3 is 6.18 Å². The van der Waals surface area contributed by atoms with Crippen LogP contribution in [0.1, 0.15) is 11.6 Å². The van der Waals surface area contributed by atoms with E-state index in [0.29, 0.717) is 28.3 Å². The SMILES string of the molecule is Nc1nc2cc(-c3nccc(-c4cnn(C(c5ccc(F)cc5)C(F)(F)F)c4)n3)ccn2n1. The molecule has 0 amide bonds. The lowest BCUT2D eigenvalue weighted by Crippen LogP contribution is -2.28. The second-order valence-electron chi connectivity index (χ2n) is 7.16. The minimum Gasteiger partial charge on any atom is -0.366 e. The summed E-state index contributed by atoms with van der Waals surface area (Å²) in [6.45, 7) is 0. The van der Waals surface area contributed by atoms with Crippen LogP contribution in [0.25, 0.3) is 28.3 Å². The van der Waals surface area contributed by atoms with Crippen molar-refractivity contribution >= 4 is 11.6 Å². The average molecular weight is 454 g/mol. The molecule has 33 heavy (non-hydrogen) atoms. The van der Waals surface area contributed by atoms with E-state index in [4.69, 9.17) is 5.73 Å². The molecule has 0 bridgehead atoms. The fourth-order valence-corrected chi connectivity index (χ4v) is 3.44. The third kappa shape index (κ3) is 3.97. The number of nitrogens with two attached hydrogens (primary N) is 1. The summed E-state index contributed by atoms with van der Waals surface area (Å²) in [4.78, 5) is 12.8. The molecule has 4 heterocycles. The van der Waals surface area contributed by atoms with E-state index in [1.807, 2.05) is 0 Å². The van der Waals surface area contributed by atoms with Crippen LogP contribution < -0.4 is 5.73 Å². The molecule has 0 aliphatic carbocycles. The van der Waals surface area contributed by atoms with Crippen LogP contribution >= 0.6 is 0 Å². The van der Waals surface area contributed by atoms with E-state index in [9.17, 15) is 17.6 Å². The Kier molecular flexibility index (Phi) is 4.77. The molecule has 12 heteroatoms. The number of anilines is 1. The molecule has 0 fully saturated rings. The van der Waals surface area contributed by atoms with Gasteiger partial charge in [-0.25, -0.2) is 18.9 Å². The average Bonchev–Trinajstić information content (AvgIpc) is 3.40. The molecule has 1 aromatic carbocycles. The summed E-state index contributed by atoms with van der Waals surface area (Å²) in [5.74, 6) is -0.161. The van der Waals surface area contributed by atoms with Crippen LogP contribution in [0.4, 0.5) is 23.5 Å². The van der Waals surface area contributed by atoms with Crippen molar-refractivity contribution in [2.24, 2.45) is 0 Å². The van der Waals surface area contributed by atoms with Gasteiger partial charge in [0.05, 0.1) is 11.9 Å². The normalized spacial score (nSPS) is 12.8. The highest BCUT2D eigenvalue weighted by Gasteiger charge is 2.43. The summed E-state index contributed by atoms with van der Waals surface area (Å²) in [6.07, 6.45) is 1.04. The number of aromatic nitrogens is 7. The largest absolute Gasteiger partial charge is 0.415 e. The topological polar surface area (TPSA) is 99.8 Å². The van der Waals surface area contributed by atoms with E-state index in [1.165, 1.54) is 23.1 Å². The zero-order chi connectivity index (χ0) is 23.2. The van der Waals surface area contributed by atoms with Crippen LogP contribution in [-0.4, -0.2) is 40.5 Å². The smallest absolute Gasteiger partial charge is 0.366 e. The number of fused-ring (bicyclic) bond motifs is 1. The Hall–Kier alpha value is -4.35. The molecule has 8 nitrogen and oxygen atoms in total. The van der Waals surface area contributed by atoms with Crippen molar-refractivity contribution < 1.29 is 17.6 Å². The number of pyridine rings is 1. The summed E-state index contributed by atoms with van der Waals surface area (Å²) in [5.41, 5.74) is 7.34. The van der Waals surface area contributed by atoms with Crippen molar-refractivity contribution in [3.8, 4) is 22.6 Å². The van der Waals surface area contributed by atoms with Crippen molar-refractivity contribution in [1.29, 1.82) is 0 Å². The highest BCUT2D eigenvalue weighted by Crippen LogP contribution is 2.36. The summed E-state index contributed by atoms with van der Waals surface area (Å²) < 4.78 is 56.9. The number of nitrogen functional groups attached to an aromatic ring is 1. The van der Waals surface area contributed by atoms with E-state index >= 15 is 0 Å². The van der Waals surface area contributed by atoms with Gasteiger partial charge in [-0.2, -0.15) is 23.3 Å². The van der Waals surface area contributed by atoms with Gasteiger partial charge in [0.2, 0.25) is 5.95 Å². The minimum atomic E-state index is -4.65. The van der Waals surface area contributed by atoms with E-state index in [-0.39, 0.29) is 11.5 Å². The van der Waals surface area contributed by atoms with Gasteiger partial charge in [-0.15, -0.1) is 5.10 Å². The minimum absolute atomic E-state index is 0.120. The maximum absolute atomic E-state index is 13.8. The number of hydrogen-bond donors (Lipinski definition) is 1. The monoisotopic (exact) mass is 454 g/mol. The standard InChI is InChI=1S/C21H14F4N8/c22-15-3-1-12(2-4-15)18(21(23,24)25)33-11-14(10-28-33)16-5-7-27-19(29-16)13-6-8-32-17(9-13)30-20(26)31-32/h1-11,18H,(H2,26,31). The lowest BCUT2D eigenvalue weighted by atomic mass is 10.1. The highest BCUT2D eigenvalue weighted by atomic mass is 19.4. The van der Waals surface area contributed by atoms with Crippen LogP contribution in [0, 0.1) is 5.82 Å². The number of alkyl halides is 3. The first-order valence-corrected chi connectivity index (χ1v) is 9.60. The fraction of sp³-hybridized carbons (Fsp3) is 0.0952. The lowest BCUT2D eigenvalue weighted by molar-refractivity contribution is -0.159. The first kappa shape index (κ1) is 20.5. The summed E-state index contributed by atoms with van der Waals surface area (Å²) in [5, 5.41) is 7.91. The van der Waals surface area contributed by atoms with Gasteiger partial charge in [0.15, 0.2) is 17.5 Å².